The number of rotatable bonds is 9. The van der Waals surface area contributed by atoms with E-state index in [1.54, 1.807) is 19.2 Å². The number of anilines is 1. The quantitative estimate of drug-likeness (QED) is 0.515. The predicted octanol–water partition coefficient (Wildman–Crippen LogP) is 3.54. The van der Waals surface area contributed by atoms with Gasteiger partial charge >= 0.3 is 5.97 Å². The van der Waals surface area contributed by atoms with E-state index in [1.807, 2.05) is 17.0 Å². The number of amides is 1. The van der Waals surface area contributed by atoms with Gasteiger partial charge in [-0.3, -0.25) is 9.59 Å². The summed E-state index contributed by atoms with van der Waals surface area (Å²) in [7, 11) is 0. The molecule has 0 saturated heterocycles. The van der Waals surface area contributed by atoms with Crippen molar-refractivity contribution in [1.82, 2.24) is 14.8 Å². The Morgan fingerprint density at radius 1 is 1.38 bits per heavy atom. The molecule has 0 aromatic carbocycles. The maximum absolute atomic E-state index is 12.5. The first-order valence-corrected chi connectivity index (χ1v) is 10.3. The number of carbonyl (C=O) groups excluding carboxylic acids is 2. The molecule has 0 fully saturated rings. The van der Waals surface area contributed by atoms with Crippen molar-refractivity contribution in [2.24, 2.45) is 0 Å². The minimum absolute atomic E-state index is 0.109. The summed E-state index contributed by atoms with van der Waals surface area (Å²) in [5.74, 6) is 0.291. The number of aromatic nitrogens is 3. The van der Waals surface area contributed by atoms with Gasteiger partial charge in [0.25, 0.3) is 0 Å². The summed E-state index contributed by atoms with van der Waals surface area (Å²) in [6.07, 6.45) is 2.76. The molecule has 0 aliphatic heterocycles. The van der Waals surface area contributed by atoms with E-state index < -0.39 is 0 Å². The van der Waals surface area contributed by atoms with Crippen LogP contribution < -0.4 is 5.32 Å². The summed E-state index contributed by atoms with van der Waals surface area (Å²) in [5.41, 5.74) is 0.665. The molecule has 2 heterocycles. The first-order chi connectivity index (χ1) is 12.4. The Hall–Kier alpha value is -1.87. The van der Waals surface area contributed by atoms with Crippen LogP contribution >= 0.6 is 23.1 Å². The second-order valence-electron chi connectivity index (χ2n) is 5.75. The van der Waals surface area contributed by atoms with Gasteiger partial charge in [-0.15, -0.1) is 11.3 Å². The minimum Gasteiger partial charge on any atom is -0.466 e. The average molecular weight is 397 g/mol. The fraction of sp³-hybridized carbons (Fsp3) is 0.529. The molecule has 0 aliphatic carbocycles. The Morgan fingerprint density at radius 2 is 2.15 bits per heavy atom. The Balaban J connectivity index is 1.92. The molecule has 1 amide bonds. The zero-order valence-electron chi connectivity index (χ0n) is 15.4. The van der Waals surface area contributed by atoms with Gasteiger partial charge < -0.3 is 10.1 Å². The van der Waals surface area contributed by atoms with Gasteiger partial charge in [-0.25, -0.2) is 9.67 Å². The number of nitrogens with zero attached hydrogens (tertiary/aromatic N) is 3. The molecule has 1 N–H and O–H groups in total. The number of nitrogens with one attached hydrogen (secondary N) is 1. The van der Waals surface area contributed by atoms with Crippen LogP contribution in [0.25, 0.3) is 0 Å². The first kappa shape index (κ1) is 20.4. The molecule has 26 heavy (non-hydrogen) atoms. The zero-order valence-corrected chi connectivity index (χ0v) is 17.0. The van der Waals surface area contributed by atoms with E-state index in [-0.39, 0.29) is 29.6 Å². The van der Waals surface area contributed by atoms with Crippen LogP contribution in [-0.4, -0.2) is 38.5 Å². The van der Waals surface area contributed by atoms with Crippen LogP contribution in [0.3, 0.4) is 0 Å². The van der Waals surface area contributed by atoms with Crippen LogP contribution in [0.15, 0.2) is 22.0 Å². The Labute approximate surface area is 161 Å². The summed E-state index contributed by atoms with van der Waals surface area (Å²) in [6.45, 7) is 8.09. The maximum atomic E-state index is 12.5. The third-order valence-corrected chi connectivity index (χ3v) is 5.86. The summed E-state index contributed by atoms with van der Waals surface area (Å²) < 4.78 is 7.49. The van der Waals surface area contributed by atoms with Gasteiger partial charge in [0.05, 0.1) is 36.2 Å². The van der Waals surface area contributed by atoms with Crippen LogP contribution in [-0.2, 0) is 20.7 Å². The van der Waals surface area contributed by atoms with Crippen molar-refractivity contribution < 1.29 is 14.3 Å². The molecule has 2 rings (SSSR count). The van der Waals surface area contributed by atoms with E-state index in [2.05, 4.69) is 29.2 Å². The molecule has 0 aliphatic rings. The van der Waals surface area contributed by atoms with E-state index in [4.69, 9.17) is 4.74 Å². The summed E-state index contributed by atoms with van der Waals surface area (Å²) >= 11 is 2.79. The van der Waals surface area contributed by atoms with Crippen molar-refractivity contribution in [3.05, 3.63) is 23.3 Å². The number of thioether (sulfide) groups is 1. The maximum Gasteiger partial charge on any atom is 0.311 e. The molecule has 0 bridgehead atoms. The number of hydrogen-bond acceptors (Lipinski definition) is 7. The Bertz CT molecular complexity index is 744. The van der Waals surface area contributed by atoms with Crippen molar-refractivity contribution in [3.63, 3.8) is 0 Å². The van der Waals surface area contributed by atoms with Gasteiger partial charge in [-0.05, 0) is 27.2 Å². The van der Waals surface area contributed by atoms with Gasteiger partial charge in [0.2, 0.25) is 5.91 Å². The van der Waals surface area contributed by atoms with E-state index in [0.29, 0.717) is 18.1 Å². The highest BCUT2D eigenvalue weighted by Crippen LogP contribution is 2.28. The smallest absolute Gasteiger partial charge is 0.311 e. The fourth-order valence-electron chi connectivity index (χ4n) is 2.15. The average Bonchev–Trinajstić information content (AvgIpc) is 3.23. The van der Waals surface area contributed by atoms with Gasteiger partial charge in [-0.1, -0.05) is 18.7 Å². The number of thiazole rings is 1. The standard InChI is InChI=1S/C17H24N4O3S2/c1-5-11(3)21-14(7-8-18-21)20-16(23)12(4)26-17-19-13(10-25-17)9-15(22)24-6-2/h7-8,10-12H,5-6,9H2,1-4H3,(H,20,23)/t11-,12-/m0/s1. The van der Waals surface area contributed by atoms with Gasteiger partial charge in [0.15, 0.2) is 4.34 Å². The fourth-order valence-corrected chi connectivity index (χ4v) is 4.13. The highest BCUT2D eigenvalue weighted by molar-refractivity contribution is 8.02. The van der Waals surface area contributed by atoms with Crippen molar-refractivity contribution in [2.75, 3.05) is 11.9 Å². The van der Waals surface area contributed by atoms with Crippen molar-refractivity contribution in [3.8, 4) is 0 Å². The number of ether oxygens (including phenoxy) is 1. The lowest BCUT2D eigenvalue weighted by Crippen LogP contribution is -2.24. The summed E-state index contributed by atoms with van der Waals surface area (Å²) in [4.78, 5) is 28.4. The van der Waals surface area contributed by atoms with E-state index >= 15 is 0 Å². The lowest BCUT2D eigenvalue weighted by atomic mass is 10.3. The molecule has 9 heteroatoms. The second-order valence-corrected chi connectivity index (χ2v) is 8.20. The molecule has 2 aromatic heterocycles. The van der Waals surface area contributed by atoms with Crippen molar-refractivity contribution in [2.45, 2.75) is 56.2 Å². The molecule has 0 saturated carbocycles. The minimum atomic E-state index is -0.322. The molecule has 142 valence electrons. The molecule has 2 atom stereocenters. The van der Waals surface area contributed by atoms with Crippen molar-refractivity contribution >= 4 is 40.8 Å². The summed E-state index contributed by atoms with van der Waals surface area (Å²) in [6, 6.07) is 2.01. The van der Waals surface area contributed by atoms with Crippen LogP contribution in [0, 0.1) is 0 Å². The largest absolute Gasteiger partial charge is 0.466 e. The third kappa shape index (κ3) is 5.57. The lowest BCUT2D eigenvalue weighted by molar-refractivity contribution is -0.142. The molecular formula is C17H24N4O3S2. The van der Waals surface area contributed by atoms with Crippen LogP contribution in [0.1, 0.15) is 45.9 Å². The molecule has 0 radical (unpaired) electrons. The molecule has 2 aromatic rings. The number of esters is 1. The second kappa shape index (κ2) is 9.72. The van der Waals surface area contributed by atoms with Gasteiger partial charge in [-0.2, -0.15) is 5.10 Å². The van der Waals surface area contributed by atoms with Gasteiger partial charge in [0.1, 0.15) is 5.82 Å². The zero-order chi connectivity index (χ0) is 19.1. The monoisotopic (exact) mass is 396 g/mol. The number of carbonyl (C=O) groups is 2. The van der Waals surface area contributed by atoms with E-state index in [1.165, 1.54) is 23.1 Å². The first-order valence-electron chi connectivity index (χ1n) is 8.55. The predicted molar refractivity (Wildman–Crippen MR) is 104 cm³/mol. The molecule has 0 spiro atoms. The Kier molecular flexibility index (Phi) is 7.65. The highest BCUT2D eigenvalue weighted by Gasteiger charge is 2.19. The van der Waals surface area contributed by atoms with E-state index in [0.717, 1.165) is 10.8 Å². The van der Waals surface area contributed by atoms with Crippen LogP contribution in [0.2, 0.25) is 0 Å². The number of hydrogen-bond donors (Lipinski definition) is 1. The van der Waals surface area contributed by atoms with Crippen LogP contribution in [0.4, 0.5) is 5.82 Å². The summed E-state index contributed by atoms with van der Waals surface area (Å²) in [5, 5.41) is 8.69. The molecular weight excluding hydrogens is 372 g/mol. The van der Waals surface area contributed by atoms with Crippen molar-refractivity contribution in [1.29, 1.82) is 0 Å². The topological polar surface area (TPSA) is 86.1 Å². The van der Waals surface area contributed by atoms with Crippen LogP contribution in [0.5, 0.6) is 0 Å². The normalized spacial score (nSPS) is 13.2. The SMILES string of the molecule is CCOC(=O)Cc1csc(S[C@@H](C)C(=O)Nc2ccnn2[C@@H](C)CC)n1. The molecule has 0 unspecified atom stereocenters. The highest BCUT2D eigenvalue weighted by atomic mass is 32.2. The third-order valence-electron chi connectivity index (χ3n) is 3.74. The van der Waals surface area contributed by atoms with E-state index in [9.17, 15) is 9.59 Å². The molecule has 7 nitrogen and oxygen atoms in total. The van der Waals surface area contributed by atoms with Gasteiger partial charge in [0, 0.05) is 11.4 Å². The lowest BCUT2D eigenvalue weighted by Gasteiger charge is -2.15. The Morgan fingerprint density at radius 3 is 2.85 bits per heavy atom.